The van der Waals surface area contributed by atoms with E-state index in [4.69, 9.17) is 0 Å². The molecular formula is C23H26N2O3S. The second-order valence-corrected chi connectivity index (χ2v) is 8.85. The first kappa shape index (κ1) is 21.0. The number of hydrogen-bond acceptors (Lipinski definition) is 3. The minimum atomic E-state index is -3.88. The van der Waals surface area contributed by atoms with Crippen molar-refractivity contribution >= 4 is 26.7 Å². The molecule has 5 nitrogen and oxygen atoms in total. The van der Waals surface area contributed by atoms with E-state index in [-0.39, 0.29) is 16.7 Å². The van der Waals surface area contributed by atoms with Crippen LogP contribution in [0.4, 0.5) is 0 Å². The molecule has 6 heteroatoms. The van der Waals surface area contributed by atoms with E-state index in [2.05, 4.69) is 10.0 Å². The second kappa shape index (κ2) is 9.20. The lowest BCUT2D eigenvalue weighted by molar-refractivity contribution is -0.124. The Morgan fingerprint density at radius 1 is 0.931 bits per heavy atom. The average molecular weight is 411 g/mol. The molecule has 3 rings (SSSR count). The summed E-state index contributed by atoms with van der Waals surface area (Å²) in [6, 6.07) is 21.2. The van der Waals surface area contributed by atoms with Gasteiger partial charge in [0.15, 0.2) is 0 Å². The van der Waals surface area contributed by atoms with Gasteiger partial charge in [-0.3, -0.25) is 4.79 Å². The zero-order valence-electron chi connectivity index (χ0n) is 16.6. The average Bonchev–Trinajstić information content (AvgIpc) is 2.75. The number of hydrogen-bond donors (Lipinski definition) is 2. The Hall–Kier alpha value is -2.70. The standard InChI is InChI=1S/C23H26N2O3S/c1-3-17(2)22(23(26)24-16-18-10-5-4-6-11-18)25-29(27,28)21-15-9-13-19-12-7-8-14-20(19)21/h4-15,17,22,25H,3,16H2,1-2H3,(H,24,26). The summed E-state index contributed by atoms with van der Waals surface area (Å²) < 4.78 is 29.0. The molecule has 1 amide bonds. The fraction of sp³-hybridized carbons (Fsp3) is 0.261. The lowest BCUT2D eigenvalue weighted by atomic mass is 9.99. The molecule has 0 saturated carbocycles. The fourth-order valence-corrected chi connectivity index (χ4v) is 4.75. The topological polar surface area (TPSA) is 75.3 Å². The summed E-state index contributed by atoms with van der Waals surface area (Å²) in [5, 5.41) is 4.33. The van der Waals surface area contributed by atoms with Gasteiger partial charge in [0, 0.05) is 11.9 Å². The first-order valence-electron chi connectivity index (χ1n) is 9.74. The highest BCUT2D eigenvalue weighted by molar-refractivity contribution is 7.89. The van der Waals surface area contributed by atoms with E-state index >= 15 is 0 Å². The van der Waals surface area contributed by atoms with Gasteiger partial charge in [-0.25, -0.2) is 8.42 Å². The summed E-state index contributed by atoms with van der Waals surface area (Å²) in [5.74, 6) is -0.484. The van der Waals surface area contributed by atoms with Crippen molar-refractivity contribution in [1.82, 2.24) is 10.0 Å². The summed E-state index contributed by atoms with van der Waals surface area (Å²) in [6.45, 7) is 4.16. The molecular weight excluding hydrogens is 384 g/mol. The molecule has 0 aliphatic carbocycles. The minimum Gasteiger partial charge on any atom is -0.351 e. The molecule has 0 fully saturated rings. The maximum absolute atomic E-state index is 13.2. The van der Waals surface area contributed by atoms with Crippen molar-refractivity contribution in [3.05, 3.63) is 78.4 Å². The van der Waals surface area contributed by atoms with Gasteiger partial charge in [0.25, 0.3) is 0 Å². The zero-order valence-corrected chi connectivity index (χ0v) is 17.4. The van der Waals surface area contributed by atoms with Crippen molar-refractivity contribution in [2.45, 2.75) is 37.8 Å². The van der Waals surface area contributed by atoms with Crippen molar-refractivity contribution in [1.29, 1.82) is 0 Å². The Labute approximate surface area is 172 Å². The van der Waals surface area contributed by atoms with Gasteiger partial charge in [0.05, 0.1) is 4.90 Å². The first-order valence-corrected chi connectivity index (χ1v) is 11.2. The number of fused-ring (bicyclic) bond motifs is 1. The van der Waals surface area contributed by atoms with Crippen molar-refractivity contribution in [3.8, 4) is 0 Å². The van der Waals surface area contributed by atoms with Crippen LogP contribution in [-0.2, 0) is 21.4 Å². The second-order valence-electron chi connectivity index (χ2n) is 7.17. The predicted molar refractivity (Wildman–Crippen MR) is 116 cm³/mol. The number of amides is 1. The van der Waals surface area contributed by atoms with Crippen LogP contribution in [0.2, 0.25) is 0 Å². The van der Waals surface area contributed by atoms with Crippen LogP contribution in [-0.4, -0.2) is 20.4 Å². The van der Waals surface area contributed by atoms with Crippen LogP contribution in [0.5, 0.6) is 0 Å². The smallest absolute Gasteiger partial charge is 0.241 e. The molecule has 2 N–H and O–H groups in total. The number of benzene rings is 3. The van der Waals surface area contributed by atoms with Crippen LogP contribution in [0, 0.1) is 5.92 Å². The molecule has 3 aromatic rings. The highest BCUT2D eigenvalue weighted by Crippen LogP contribution is 2.23. The van der Waals surface area contributed by atoms with Crippen LogP contribution in [0.15, 0.2) is 77.7 Å². The van der Waals surface area contributed by atoms with Gasteiger partial charge in [0.2, 0.25) is 15.9 Å². The molecule has 29 heavy (non-hydrogen) atoms. The summed E-state index contributed by atoms with van der Waals surface area (Å²) in [6.07, 6.45) is 0.668. The Morgan fingerprint density at radius 2 is 1.59 bits per heavy atom. The monoisotopic (exact) mass is 410 g/mol. The fourth-order valence-electron chi connectivity index (χ4n) is 3.22. The molecule has 0 saturated heterocycles. The number of sulfonamides is 1. The molecule has 2 atom stereocenters. The number of rotatable bonds is 8. The summed E-state index contributed by atoms with van der Waals surface area (Å²) >= 11 is 0. The number of nitrogens with one attached hydrogen (secondary N) is 2. The lowest BCUT2D eigenvalue weighted by Gasteiger charge is -2.24. The van der Waals surface area contributed by atoms with E-state index in [1.807, 2.05) is 62.4 Å². The van der Waals surface area contributed by atoms with E-state index in [1.165, 1.54) is 0 Å². The highest BCUT2D eigenvalue weighted by atomic mass is 32.2. The molecule has 3 aromatic carbocycles. The number of carbonyl (C=O) groups is 1. The quantitative estimate of drug-likeness (QED) is 0.592. The Morgan fingerprint density at radius 3 is 2.31 bits per heavy atom. The summed E-state index contributed by atoms with van der Waals surface area (Å²) in [4.78, 5) is 13.0. The third kappa shape index (κ3) is 5.02. The highest BCUT2D eigenvalue weighted by Gasteiger charge is 2.30. The minimum absolute atomic E-state index is 0.157. The molecule has 2 unspecified atom stereocenters. The molecule has 0 aromatic heterocycles. The molecule has 0 aliphatic rings. The summed E-state index contributed by atoms with van der Waals surface area (Å²) in [5.41, 5.74) is 0.959. The van der Waals surface area contributed by atoms with E-state index in [0.717, 1.165) is 10.9 Å². The zero-order chi connectivity index (χ0) is 20.9. The lowest BCUT2D eigenvalue weighted by Crippen LogP contribution is -2.49. The maximum Gasteiger partial charge on any atom is 0.241 e. The van der Waals surface area contributed by atoms with E-state index in [0.29, 0.717) is 18.4 Å². The third-order valence-electron chi connectivity index (χ3n) is 5.13. The Kier molecular flexibility index (Phi) is 6.67. The van der Waals surface area contributed by atoms with Crippen molar-refractivity contribution in [2.24, 2.45) is 5.92 Å². The van der Waals surface area contributed by atoms with Crippen LogP contribution in [0.1, 0.15) is 25.8 Å². The van der Waals surface area contributed by atoms with E-state index < -0.39 is 16.1 Å². The molecule has 0 radical (unpaired) electrons. The Bertz CT molecular complexity index is 1080. The number of carbonyl (C=O) groups excluding carboxylic acids is 1. The molecule has 0 aliphatic heterocycles. The van der Waals surface area contributed by atoms with Crippen LogP contribution < -0.4 is 10.0 Å². The van der Waals surface area contributed by atoms with Gasteiger partial charge in [-0.15, -0.1) is 0 Å². The molecule has 0 bridgehead atoms. The SMILES string of the molecule is CCC(C)C(NS(=O)(=O)c1cccc2ccccc12)C(=O)NCc1ccccc1. The van der Waals surface area contributed by atoms with Crippen LogP contribution >= 0.6 is 0 Å². The van der Waals surface area contributed by atoms with Gasteiger partial charge in [0.1, 0.15) is 6.04 Å². The van der Waals surface area contributed by atoms with Crippen molar-refractivity contribution in [2.75, 3.05) is 0 Å². The van der Waals surface area contributed by atoms with Crippen LogP contribution in [0.3, 0.4) is 0 Å². The maximum atomic E-state index is 13.2. The van der Waals surface area contributed by atoms with Crippen molar-refractivity contribution in [3.63, 3.8) is 0 Å². The van der Waals surface area contributed by atoms with Gasteiger partial charge < -0.3 is 5.32 Å². The first-order chi connectivity index (χ1) is 13.9. The molecule has 0 spiro atoms. The summed E-state index contributed by atoms with van der Waals surface area (Å²) in [7, 11) is -3.88. The third-order valence-corrected chi connectivity index (χ3v) is 6.63. The van der Waals surface area contributed by atoms with Gasteiger partial charge in [-0.2, -0.15) is 4.72 Å². The van der Waals surface area contributed by atoms with Gasteiger partial charge in [-0.05, 0) is 22.9 Å². The van der Waals surface area contributed by atoms with Gasteiger partial charge >= 0.3 is 0 Å². The van der Waals surface area contributed by atoms with Crippen molar-refractivity contribution < 1.29 is 13.2 Å². The largest absolute Gasteiger partial charge is 0.351 e. The predicted octanol–water partition coefficient (Wildman–Crippen LogP) is 3.85. The Balaban J connectivity index is 1.84. The molecule has 0 heterocycles. The van der Waals surface area contributed by atoms with E-state index in [9.17, 15) is 13.2 Å². The van der Waals surface area contributed by atoms with E-state index in [1.54, 1.807) is 24.3 Å². The molecule has 152 valence electrons. The normalized spacial score (nSPS) is 13.7. The van der Waals surface area contributed by atoms with Gasteiger partial charge in [-0.1, -0.05) is 87.0 Å². The van der Waals surface area contributed by atoms with Crippen LogP contribution in [0.25, 0.3) is 10.8 Å².